The molecule has 9 heteroatoms. The highest BCUT2D eigenvalue weighted by atomic mass is 19.1. The van der Waals surface area contributed by atoms with E-state index in [1.807, 2.05) is 13.8 Å². The number of tetrazole rings is 1. The van der Waals surface area contributed by atoms with Crippen LogP contribution in [0.2, 0.25) is 0 Å². The first-order valence-corrected chi connectivity index (χ1v) is 9.09. The Morgan fingerprint density at radius 3 is 2.76 bits per heavy atom. The third kappa shape index (κ3) is 4.03. The number of fused-ring (bicyclic) bond motifs is 1. The van der Waals surface area contributed by atoms with Crippen molar-refractivity contribution in [3.05, 3.63) is 53.3 Å². The number of nitrogens with zero attached hydrogens (tertiary/aromatic N) is 3. The van der Waals surface area contributed by atoms with Crippen molar-refractivity contribution in [1.29, 1.82) is 0 Å². The normalized spacial score (nSPS) is 11.3. The average molecular weight is 399 g/mol. The van der Waals surface area contributed by atoms with Gasteiger partial charge in [0, 0.05) is 28.7 Å². The zero-order valence-electron chi connectivity index (χ0n) is 15.9. The smallest absolute Gasteiger partial charge is 0.215 e. The van der Waals surface area contributed by atoms with Crippen LogP contribution < -0.4 is 10.1 Å². The van der Waals surface area contributed by atoms with Gasteiger partial charge in [0.2, 0.25) is 5.82 Å². The van der Waals surface area contributed by atoms with E-state index < -0.39 is 6.67 Å². The second-order valence-corrected chi connectivity index (χ2v) is 6.82. The highest BCUT2D eigenvalue weighted by molar-refractivity contribution is 5.82. The number of aromatic nitrogens is 4. The molecule has 2 N–H and O–H groups in total. The fraction of sp³-hybridized carbons (Fsp3) is 0.250. The molecular formula is C20H19F2N5O2. The average Bonchev–Trinajstić information content (AvgIpc) is 3.36. The number of benzene rings is 2. The number of anilines is 1. The zero-order chi connectivity index (χ0) is 20.4. The lowest BCUT2D eigenvalue weighted by molar-refractivity contribution is 0.237. The number of furan rings is 1. The SMILES string of the molecule is CC(C)Oc1ccc(NCc2cc3oc(-c4nnn[nH]4)cc3cc2F)cc1CF. The van der Waals surface area contributed by atoms with Crippen LogP contribution >= 0.6 is 0 Å². The van der Waals surface area contributed by atoms with Crippen LogP contribution in [-0.4, -0.2) is 26.7 Å². The molecule has 0 radical (unpaired) electrons. The molecule has 4 aromatic rings. The lowest BCUT2D eigenvalue weighted by Crippen LogP contribution is -2.08. The zero-order valence-corrected chi connectivity index (χ0v) is 15.9. The van der Waals surface area contributed by atoms with Crippen LogP contribution in [0.25, 0.3) is 22.6 Å². The Labute approximate surface area is 165 Å². The van der Waals surface area contributed by atoms with Crippen LogP contribution in [0, 0.1) is 5.82 Å². The van der Waals surface area contributed by atoms with Crippen molar-refractivity contribution in [2.24, 2.45) is 0 Å². The van der Waals surface area contributed by atoms with E-state index in [1.54, 1.807) is 30.3 Å². The third-order valence-electron chi connectivity index (χ3n) is 4.31. The van der Waals surface area contributed by atoms with Crippen molar-refractivity contribution in [1.82, 2.24) is 20.6 Å². The van der Waals surface area contributed by atoms with E-state index in [1.165, 1.54) is 6.07 Å². The van der Waals surface area contributed by atoms with E-state index >= 15 is 0 Å². The minimum Gasteiger partial charge on any atom is -0.491 e. The maximum absolute atomic E-state index is 14.5. The van der Waals surface area contributed by atoms with E-state index in [0.717, 1.165) is 0 Å². The third-order valence-corrected chi connectivity index (χ3v) is 4.31. The molecule has 0 unspecified atom stereocenters. The summed E-state index contributed by atoms with van der Waals surface area (Å²) in [7, 11) is 0. The van der Waals surface area contributed by atoms with Gasteiger partial charge in [-0.05, 0) is 60.7 Å². The molecule has 2 aromatic carbocycles. The van der Waals surface area contributed by atoms with Crippen LogP contribution in [0.3, 0.4) is 0 Å². The van der Waals surface area contributed by atoms with E-state index in [0.29, 0.717) is 45.1 Å². The largest absolute Gasteiger partial charge is 0.491 e. The number of halogens is 2. The van der Waals surface area contributed by atoms with Gasteiger partial charge in [-0.15, -0.1) is 5.10 Å². The Bertz CT molecular complexity index is 1130. The number of rotatable bonds is 7. The van der Waals surface area contributed by atoms with Crippen molar-refractivity contribution < 1.29 is 17.9 Å². The molecule has 0 spiro atoms. The second kappa shape index (κ2) is 7.86. The number of aromatic amines is 1. The Hall–Kier alpha value is -3.49. The molecule has 7 nitrogen and oxygen atoms in total. The summed E-state index contributed by atoms with van der Waals surface area (Å²) in [5, 5.41) is 17.1. The van der Waals surface area contributed by atoms with E-state index in [4.69, 9.17) is 9.15 Å². The van der Waals surface area contributed by atoms with Gasteiger partial charge in [-0.25, -0.2) is 13.9 Å². The monoisotopic (exact) mass is 399 g/mol. The first kappa shape index (κ1) is 18.9. The predicted molar refractivity (Wildman–Crippen MR) is 104 cm³/mol. The summed E-state index contributed by atoms with van der Waals surface area (Å²) < 4.78 is 39.2. The second-order valence-electron chi connectivity index (χ2n) is 6.82. The molecule has 0 aliphatic rings. The minimum atomic E-state index is -0.649. The molecule has 0 aliphatic heterocycles. The highest BCUT2D eigenvalue weighted by Gasteiger charge is 2.13. The molecule has 0 saturated heterocycles. The van der Waals surface area contributed by atoms with Crippen LogP contribution in [0.5, 0.6) is 5.75 Å². The summed E-state index contributed by atoms with van der Waals surface area (Å²) in [6.07, 6.45) is -0.0501. The summed E-state index contributed by atoms with van der Waals surface area (Å²) in [6.45, 7) is 3.32. The maximum Gasteiger partial charge on any atom is 0.215 e. The number of H-pyrrole nitrogens is 1. The van der Waals surface area contributed by atoms with E-state index in [9.17, 15) is 8.78 Å². The molecule has 0 aliphatic carbocycles. The quantitative estimate of drug-likeness (QED) is 0.471. The number of hydrogen-bond donors (Lipinski definition) is 2. The van der Waals surface area contributed by atoms with Gasteiger partial charge in [0.15, 0.2) is 5.76 Å². The van der Waals surface area contributed by atoms with Gasteiger partial charge in [-0.1, -0.05) is 0 Å². The summed E-state index contributed by atoms with van der Waals surface area (Å²) in [5.74, 6) is 0.913. The number of ether oxygens (including phenoxy) is 1. The van der Waals surface area contributed by atoms with Crippen LogP contribution in [-0.2, 0) is 13.2 Å². The molecule has 0 fully saturated rings. The topological polar surface area (TPSA) is 88.9 Å². The molecule has 2 heterocycles. The van der Waals surface area contributed by atoms with Crippen molar-refractivity contribution in [3.63, 3.8) is 0 Å². The maximum atomic E-state index is 14.5. The van der Waals surface area contributed by atoms with Crippen LogP contribution in [0.15, 0.2) is 40.8 Å². The molecule has 150 valence electrons. The molecular weight excluding hydrogens is 380 g/mol. The Kier molecular flexibility index (Phi) is 5.11. The molecule has 0 saturated carbocycles. The van der Waals surface area contributed by atoms with Gasteiger partial charge in [-0.3, -0.25) is 0 Å². The fourth-order valence-corrected chi connectivity index (χ4v) is 2.98. The summed E-state index contributed by atoms with van der Waals surface area (Å²) in [4.78, 5) is 0. The first-order valence-electron chi connectivity index (χ1n) is 9.09. The van der Waals surface area contributed by atoms with Gasteiger partial charge >= 0.3 is 0 Å². The lowest BCUT2D eigenvalue weighted by Gasteiger charge is -2.15. The Morgan fingerprint density at radius 2 is 2.03 bits per heavy atom. The van der Waals surface area contributed by atoms with Crippen LogP contribution in [0.1, 0.15) is 25.0 Å². The van der Waals surface area contributed by atoms with Gasteiger partial charge in [-0.2, -0.15) is 0 Å². The summed E-state index contributed by atoms with van der Waals surface area (Å²) in [5.41, 5.74) is 2.04. The van der Waals surface area contributed by atoms with E-state index in [-0.39, 0.29) is 18.5 Å². The van der Waals surface area contributed by atoms with Crippen molar-refractivity contribution in [2.45, 2.75) is 33.2 Å². The Balaban J connectivity index is 1.54. The standard InChI is InChI=1S/C20H19F2N5O2/c1-11(2)28-17-4-3-15(5-13(17)9-21)23-10-14-8-18-12(6-16(14)22)7-19(29-18)20-24-26-27-25-20/h3-8,11,23H,9-10H2,1-2H3,(H,24,25,26,27). The van der Waals surface area contributed by atoms with Gasteiger partial charge in [0.05, 0.1) is 6.10 Å². The molecule has 0 atom stereocenters. The molecule has 2 aromatic heterocycles. The number of nitrogens with one attached hydrogen (secondary N) is 2. The number of alkyl halides is 1. The molecule has 0 amide bonds. The van der Waals surface area contributed by atoms with Crippen LogP contribution in [0.4, 0.5) is 14.5 Å². The Morgan fingerprint density at radius 1 is 1.17 bits per heavy atom. The van der Waals surface area contributed by atoms with Gasteiger partial charge in [0.1, 0.15) is 23.8 Å². The molecule has 4 rings (SSSR count). The summed E-state index contributed by atoms with van der Waals surface area (Å²) >= 11 is 0. The fourth-order valence-electron chi connectivity index (χ4n) is 2.98. The van der Waals surface area contributed by atoms with Crippen molar-refractivity contribution in [2.75, 3.05) is 5.32 Å². The number of hydrogen-bond acceptors (Lipinski definition) is 6. The molecule has 29 heavy (non-hydrogen) atoms. The van der Waals surface area contributed by atoms with Gasteiger partial charge < -0.3 is 14.5 Å². The molecule has 0 bridgehead atoms. The van der Waals surface area contributed by atoms with Crippen molar-refractivity contribution in [3.8, 4) is 17.3 Å². The summed E-state index contributed by atoms with van der Waals surface area (Å²) in [6, 6.07) is 9.83. The predicted octanol–water partition coefficient (Wildman–Crippen LogP) is 4.62. The highest BCUT2D eigenvalue weighted by Crippen LogP contribution is 2.29. The van der Waals surface area contributed by atoms with Gasteiger partial charge in [0.25, 0.3) is 0 Å². The lowest BCUT2D eigenvalue weighted by atomic mass is 10.1. The van der Waals surface area contributed by atoms with Crippen molar-refractivity contribution >= 4 is 16.7 Å². The minimum absolute atomic E-state index is 0.0501. The van der Waals surface area contributed by atoms with E-state index in [2.05, 4.69) is 25.9 Å². The first-order chi connectivity index (χ1) is 14.0.